The lowest BCUT2D eigenvalue weighted by Crippen LogP contribution is -2.24. The van der Waals surface area contributed by atoms with Gasteiger partial charge in [-0.2, -0.15) is 13.2 Å². The Morgan fingerprint density at radius 3 is 2.47 bits per heavy atom. The molecule has 19 heavy (non-hydrogen) atoms. The number of thiazole rings is 1. The molecule has 7 heteroatoms. The van der Waals surface area contributed by atoms with Gasteiger partial charge in [0.1, 0.15) is 10.6 Å². The second-order valence-electron chi connectivity index (χ2n) is 4.72. The second kappa shape index (κ2) is 5.38. The van der Waals surface area contributed by atoms with Crippen LogP contribution in [0.4, 0.5) is 13.2 Å². The molecule has 0 bridgehead atoms. The van der Waals surface area contributed by atoms with Crippen molar-refractivity contribution in [3.8, 4) is 0 Å². The molecule has 1 heterocycles. The van der Waals surface area contributed by atoms with E-state index in [1.54, 1.807) is 14.2 Å². The van der Waals surface area contributed by atoms with Crippen LogP contribution in [-0.2, 0) is 23.1 Å². The Morgan fingerprint density at radius 1 is 1.37 bits per heavy atom. The Kier molecular flexibility index (Phi) is 4.17. The molecular formula is C12H17F3N2OS. The number of methoxy groups -OCH3 is 1. The first-order chi connectivity index (χ1) is 8.93. The molecule has 1 aromatic heterocycles. The Morgan fingerprint density at radius 2 is 2.00 bits per heavy atom. The Hall–Kier alpha value is -0.660. The molecule has 1 aliphatic rings. The molecule has 0 unspecified atom stereocenters. The van der Waals surface area contributed by atoms with E-state index in [-0.39, 0.29) is 11.4 Å². The zero-order chi connectivity index (χ0) is 14.1. The van der Waals surface area contributed by atoms with E-state index in [2.05, 4.69) is 10.3 Å². The van der Waals surface area contributed by atoms with Crippen LogP contribution < -0.4 is 5.32 Å². The summed E-state index contributed by atoms with van der Waals surface area (Å²) in [5.41, 5.74) is -1.39. The van der Waals surface area contributed by atoms with Crippen molar-refractivity contribution in [2.75, 3.05) is 14.2 Å². The van der Waals surface area contributed by atoms with Gasteiger partial charge in [-0.05, 0) is 19.9 Å². The minimum atomic E-state index is -4.41. The van der Waals surface area contributed by atoms with E-state index in [9.17, 15) is 13.2 Å². The van der Waals surface area contributed by atoms with E-state index in [4.69, 9.17) is 4.74 Å². The normalized spacial score (nSPS) is 19.0. The summed E-state index contributed by atoms with van der Waals surface area (Å²) in [7, 11) is 3.18. The topological polar surface area (TPSA) is 34.1 Å². The number of hydrogen-bond donors (Lipinski definition) is 1. The highest BCUT2D eigenvalue weighted by Gasteiger charge is 2.43. The SMILES string of the molecule is CNCc1sc(C2(OC)CCCC2)nc1C(F)(F)F. The minimum Gasteiger partial charge on any atom is -0.371 e. The third-order valence-electron chi connectivity index (χ3n) is 3.49. The summed E-state index contributed by atoms with van der Waals surface area (Å²) in [6, 6.07) is 0. The molecule has 0 spiro atoms. The van der Waals surface area contributed by atoms with Gasteiger partial charge in [0, 0.05) is 13.7 Å². The maximum Gasteiger partial charge on any atom is 0.434 e. The highest BCUT2D eigenvalue weighted by molar-refractivity contribution is 7.11. The van der Waals surface area contributed by atoms with Gasteiger partial charge in [-0.3, -0.25) is 0 Å². The van der Waals surface area contributed by atoms with Crippen molar-refractivity contribution in [3.63, 3.8) is 0 Å². The van der Waals surface area contributed by atoms with E-state index in [1.807, 2.05) is 0 Å². The molecule has 0 atom stereocenters. The quantitative estimate of drug-likeness (QED) is 0.925. The van der Waals surface area contributed by atoms with E-state index in [1.165, 1.54) is 0 Å². The number of aromatic nitrogens is 1. The van der Waals surface area contributed by atoms with Crippen LogP contribution in [0, 0.1) is 0 Å². The number of nitrogens with zero attached hydrogens (tertiary/aromatic N) is 1. The maximum absolute atomic E-state index is 13.0. The highest BCUT2D eigenvalue weighted by Crippen LogP contribution is 2.45. The molecule has 1 aromatic rings. The van der Waals surface area contributed by atoms with E-state index < -0.39 is 17.5 Å². The second-order valence-corrected chi connectivity index (χ2v) is 5.81. The highest BCUT2D eigenvalue weighted by atomic mass is 32.1. The zero-order valence-corrected chi connectivity index (χ0v) is 11.7. The molecule has 0 aromatic carbocycles. The molecule has 1 N–H and O–H groups in total. The zero-order valence-electron chi connectivity index (χ0n) is 10.9. The fraction of sp³-hybridized carbons (Fsp3) is 0.750. The summed E-state index contributed by atoms with van der Waals surface area (Å²) in [6.45, 7) is 0.173. The molecule has 1 saturated carbocycles. The first kappa shape index (κ1) is 14.7. The lowest BCUT2D eigenvalue weighted by Gasteiger charge is -2.24. The fourth-order valence-electron chi connectivity index (χ4n) is 2.50. The van der Waals surface area contributed by atoms with Gasteiger partial charge in [0.25, 0.3) is 0 Å². The van der Waals surface area contributed by atoms with E-state index in [0.29, 0.717) is 5.01 Å². The van der Waals surface area contributed by atoms with Crippen LogP contribution in [0.2, 0.25) is 0 Å². The minimum absolute atomic E-state index is 0.173. The van der Waals surface area contributed by atoms with Crippen molar-refractivity contribution in [1.29, 1.82) is 0 Å². The number of rotatable bonds is 4. The molecule has 0 amide bonds. The number of nitrogens with one attached hydrogen (secondary N) is 1. The molecule has 108 valence electrons. The van der Waals surface area contributed by atoms with Gasteiger partial charge < -0.3 is 10.1 Å². The van der Waals surface area contributed by atoms with Gasteiger partial charge in [0.05, 0.1) is 4.88 Å². The largest absolute Gasteiger partial charge is 0.434 e. The lowest BCUT2D eigenvalue weighted by atomic mass is 10.0. The van der Waals surface area contributed by atoms with Crippen LogP contribution in [0.3, 0.4) is 0 Å². The van der Waals surface area contributed by atoms with Gasteiger partial charge in [0.15, 0.2) is 5.69 Å². The third kappa shape index (κ3) is 2.78. The third-order valence-corrected chi connectivity index (χ3v) is 4.74. The van der Waals surface area contributed by atoms with Gasteiger partial charge in [-0.25, -0.2) is 4.98 Å². The van der Waals surface area contributed by atoms with Crippen LogP contribution in [0.1, 0.15) is 41.3 Å². The molecule has 1 fully saturated rings. The van der Waals surface area contributed by atoms with Gasteiger partial charge in [-0.15, -0.1) is 11.3 Å². The number of alkyl halides is 3. The fourth-order valence-corrected chi connectivity index (χ4v) is 3.82. The maximum atomic E-state index is 13.0. The van der Waals surface area contributed by atoms with Crippen molar-refractivity contribution in [1.82, 2.24) is 10.3 Å². The van der Waals surface area contributed by atoms with Crippen molar-refractivity contribution >= 4 is 11.3 Å². The Bertz CT molecular complexity index is 439. The smallest absolute Gasteiger partial charge is 0.371 e. The van der Waals surface area contributed by atoms with Gasteiger partial charge in [-0.1, -0.05) is 12.8 Å². The molecule has 0 aliphatic heterocycles. The molecule has 3 nitrogen and oxygen atoms in total. The molecular weight excluding hydrogens is 277 g/mol. The van der Waals surface area contributed by atoms with Gasteiger partial charge in [0.2, 0.25) is 0 Å². The van der Waals surface area contributed by atoms with E-state index in [0.717, 1.165) is 37.0 Å². The van der Waals surface area contributed by atoms with Crippen LogP contribution in [0.5, 0.6) is 0 Å². The first-order valence-electron chi connectivity index (χ1n) is 6.20. The Balaban J connectivity index is 2.42. The molecule has 2 rings (SSSR count). The standard InChI is InChI=1S/C12H17F3N2OS/c1-16-7-8-9(12(13,14)15)17-10(19-8)11(18-2)5-3-4-6-11/h16H,3-7H2,1-2H3. The van der Waals surface area contributed by atoms with Crippen molar-refractivity contribution < 1.29 is 17.9 Å². The van der Waals surface area contributed by atoms with Gasteiger partial charge >= 0.3 is 6.18 Å². The number of hydrogen-bond acceptors (Lipinski definition) is 4. The first-order valence-corrected chi connectivity index (χ1v) is 7.02. The Labute approximate surface area is 114 Å². The lowest BCUT2D eigenvalue weighted by molar-refractivity contribution is -0.141. The summed E-state index contributed by atoms with van der Waals surface area (Å²) in [5.74, 6) is 0. The average molecular weight is 294 g/mol. The summed E-state index contributed by atoms with van der Waals surface area (Å²) in [6.07, 6.45) is -0.985. The summed E-state index contributed by atoms with van der Waals surface area (Å²) in [4.78, 5) is 4.08. The van der Waals surface area contributed by atoms with Crippen LogP contribution in [0.25, 0.3) is 0 Å². The summed E-state index contributed by atoms with van der Waals surface area (Å²) in [5, 5.41) is 3.22. The van der Waals surface area contributed by atoms with Crippen LogP contribution in [0.15, 0.2) is 0 Å². The molecule has 1 aliphatic carbocycles. The van der Waals surface area contributed by atoms with Crippen molar-refractivity contribution in [2.24, 2.45) is 0 Å². The molecule has 0 saturated heterocycles. The van der Waals surface area contributed by atoms with Crippen LogP contribution >= 0.6 is 11.3 Å². The predicted molar refractivity (Wildman–Crippen MR) is 67.0 cm³/mol. The monoisotopic (exact) mass is 294 g/mol. The van der Waals surface area contributed by atoms with Crippen LogP contribution in [-0.4, -0.2) is 19.1 Å². The summed E-state index contributed by atoms with van der Waals surface area (Å²) >= 11 is 1.11. The number of halogens is 3. The molecule has 0 radical (unpaired) electrons. The van der Waals surface area contributed by atoms with E-state index >= 15 is 0 Å². The summed E-state index contributed by atoms with van der Waals surface area (Å²) < 4.78 is 44.4. The van der Waals surface area contributed by atoms with Crippen molar-refractivity contribution in [2.45, 2.75) is 44.0 Å². The predicted octanol–water partition coefficient (Wildman–Crippen LogP) is 3.30. The average Bonchev–Trinajstić information content (AvgIpc) is 2.94. The van der Waals surface area contributed by atoms with Crippen molar-refractivity contribution in [3.05, 3.63) is 15.6 Å². The number of ether oxygens (including phenoxy) is 1.